The quantitative estimate of drug-likeness (QED) is 0.325. The summed E-state index contributed by atoms with van der Waals surface area (Å²) < 4.78 is 0. The highest BCUT2D eigenvalue weighted by Gasteiger charge is 2.12. The van der Waals surface area contributed by atoms with Crippen LogP contribution < -0.4 is 0 Å². The van der Waals surface area contributed by atoms with Crippen LogP contribution in [0.4, 0.5) is 0 Å². The maximum Gasteiger partial charge on any atom is 0.158 e. The maximum absolute atomic E-state index is 11.9. The molecule has 4 nitrogen and oxygen atoms in total. The summed E-state index contributed by atoms with van der Waals surface area (Å²) in [6, 6.07) is 0. The first-order chi connectivity index (χ1) is 11.2. The lowest BCUT2D eigenvalue weighted by molar-refractivity contribution is -0.118. The van der Waals surface area contributed by atoms with E-state index in [1.54, 1.807) is 19.9 Å². The van der Waals surface area contributed by atoms with Crippen LogP contribution in [-0.2, 0) is 9.59 Å². The van der Waals surface area contributed by atoms with Gasteiger partial charge in [0.05, 0.1) is 12.2 Å². The Balaban J connectivity index is 4.26. The minimum Gasteiger partial charge on any atom is -0.392 e. The van der Waals surface area contributed by atoms with E-state index in [0.717, 1.165) is 36.7 Å². The molecule has 0 rings (SSSR count). The number of rotatable bonds is 12. The molecular formula is C20H32O4. The molecule has 0 radical (unpaired) electrons. The van der Waals surface area contributed by atoms with Crippen LogP contribution in [-0.4, -0.2) is 34.5 Å². The van der Waals surface area contributed by atoms with E-state index in [2.05, 4.69) is 0 Å². The molecule has 136 valence electrons. The minimum absolute atomic E-state index is 0.00137. The van der Waals surface area contributed by atoms with Gasteiger partial charge in [-0.2, -0.15) is 0 Å². The summed E-state index contributed by atoms with van der Waals surface area (Å²) in [6.07, 6.45) is 11.3. The van der Waals surface area contributed by atoms with Crippen molar-refractivity contribution in [2.45, 2.75) is 65.4 Å². The minimum atomic E-state index is -0.981. The van der Waals surface area contributed by atoms with Gasteiger partial charge in [0.25, 0.3) is 0 Å². The van der Waals surface area contributed by atoms with Crippen LogP contribution in [0, 0.1) is 5.92 Å². The average molecular weight is 336 g/mol. The van der Waals surface area contributed by atoms with Crippen molar-refractivity contribution in [3.8, 4) is 0 Å². The number of carbonyl (C=O) groups excluding carboxylic acids is 2. The summed E-state index contributed by atoms with van der Waals surface area (Å²) >= 11 is 0. The van der Waals surface area contributed by atoms with Crippen LogP contribution in [0.15, 0.2) is 35.5 Å². The number of aliphatic hydroxyl groups is 2. The second-order valence-corrected chi connectivity index (χ2v) is 6.85. The fourth-order valence-corrected chi connectivity index (χ4v) is 2.16. The lowest BCUT2D eigenvalue weighted by atomic mass is 9.96. The third-order valence-electron chi connectivity index (χ3n) is 3.78. The van der Waals surface area contributed by atoms with Gasteiger partial charge in [-0.15, -0.1) is 0 Å². The van der Waals surface area contributed by atoms with Gasteiger partial charge in [-0.05, 0) is 64.5 Å². The molecule has 1 unspecified atom stereocenters. The first-order valence-electron chi connectivity index (χ1n) is 8.55. The predicted molar refractivity (Wildman–Crippen MR) is 97.7 cm³/mol. The molecule has 24 heavy (non-hydrogen) atoms. The highest BCUT2D eigenvalue weighted by molar-refractivity contribution is 5.91. The highest BCUT2D eigenvalue weighted by Crippen LogP contribution is 2.15. The van der Waals surface area contributed by atoms with Gasteiger partial charge in [-0.1, -0.05) is 30.7 Å². The summed E-state index contributed by atoms with van der Waals surface area (Å²) in [5, 5.41) is 18.4. The molecule has 0 spiro atoms. The summed E-state index contributed by atoms with van der Waals surface area (Å²) in [4.78, 5) is 23.0. The number of aldehydes is 1. The molecule has 0 heterocycles. The predicted octanol–water partition coefficient (Wildman–Crippen LogP) is 3.53. The Morgan fingerprint density at radius 3 is 2.42 bits per heavy atom. The summed E-state index contributed by atoms with van der Waals surface area (Å²) in [5.74, 6) is -0.121. The molecule has 0 aromatic heterocycles. The largest absolute Gasteiger partial charge is 0.392 e. The Bertz CT molecular complexity index is 478. The molecule has 4 heteroatoms. The number of ketones is 1. The van der Waals surface area contributed by atoms with E-state index >= 15 is 0 Å². The van der Waals surface area contributed by atoms with Gasteiger partial charge in [0, 0.05) is 5.92 Å². The van der Waals surface area contributed by atoms with Gasteiger partial charge in [-0.3, -0.25) is 9.59 Å². The number of hydrogen-bond donors (Lipinski definition) is 2. The van der Waals surface area contributed by atoms with Gasteiger partial charge in [-0.25, -0.2) is 0 Å². The van der Waals surface area contributed by atoms with Gasteiger partial charge in [0.1, 0.15) is 6.29 Å². The zero-order chi connectivity index (χ0) is 18.6. The van der Waals surface area contributed by atoms with E-state index in [1.807, 2.05) is 19.9 Å². The molecule has 0 aliphatic carbocycles. The molecule has 0 aromatic carbocycles. The monoisotopic (exact) mass is 336 g/mol. The highest BCUT2D eigenvalue weighted by atomic mass is 16.3. The molecule has 0 saturated heterocycles. The fourth-order valence-electron chi connectivity index (χ4n) is 2.16. The van der Waals surface area contributed by atoms with E-state index in [4.69, 9.17) is 5.11 Å². The molecular weight excluding hydrogens is 304 g/mol. The third-order valence-corrected chi connectivity index (χ3v) is 3.78. The van der Waals surface area contributed by atoms with Crippen LogP contribution in [0.2, 0.25) is 0 Å². The van der Waals surface area contributed by atoms with E-state index < -0.39 is 5.60 Å². The van der Waals surface area contributed by atoms with E-state index in [0.29, 0.717) is 12.8 Å². The average Bonchev–Trinajstić information content (AvgIpc) is 2.50. The Labute approximate surface area is 146 Å². The van der Waals surface area contributed by atoms with Crippen molar-refractivity contribution in [3.63, 3.8) is 0 Å². The van der Waals surface area contributed by atoms with Crippen LogP contribution >= 0.6 is 0 Å². The maximum atomic E-state index is 11.9. The number of aliphatic hydroxyl groups excluding tert-OH is 1. The van der Waals surface area contributed by atoms with Gasteiger partial charge < -0.3 is 10.2 Å². The Morgan fingerprint density at radius 2 is 1.88 bits per heavy atom. The van der Waals surface area contributed by atoms with Crippen molar-refractivity contribution in [1.82, 2.24) is 0 Å². The normalized spacial score (nSPS) is 14.9. The second-order valence-electron chi connectivity index (χ2n) is 6.85. The molecule has 2 N–H and O–H groups in total. The van der Waals surface area contributed by atoms with Crippen LogP contribution in [0.25, 0.3) is 0 Å². The molecule has 0 aliphatic rings. The standard InChI is InChI=1S/C20H32O4/c1-16(12-14-21)7-5-9-18(15-22)10-6-8-17(2)19(23)11-13-20(3,4)24/h9,11-13,15,17,21,24H,5-8,10,14H2,1-4H3. The molecule has 0 aromatic rings. The topological polar surface area (TPSA) is 74.6 Å². The molecule has 0 bridgehead atoms. The first kappa shape index (κ1) is 22.5. The Kier molecular flexibility index (Phi) is 11.2. The SMILES string of the molecule is CC(=CCO)CCC=C(C=O)CCCC(C)C(=O)C=CC(C)(C)O. The molecule has 0 fully saturated rings. The Morgan fingerprint density at radius 1 is 1.21 bits per heavy atom. The van der Waals surface area contributed by atoms with Crippen LogP contribution in [0.3, 0.4) is 0 Å². The number of hydrogen-bond acceptors (Lipinski definition) is 4. The van der Waals surface area contributed by atoms with Crippen molar-refractivity contribution in [1.29, 1.82) is 0 Å². The van der Waals surface area contributed by atoms with Crippen molar-refractivity contribution in [3.05, 3.63) is 35.5 Å². The van der Waals surface area contributed by atoms with Crippen molar-refractivity contribution >= 4 is 12.1 Å². The molecule has 0 aliphatic heterocycles. The molecule has 1 atom stereocenters. The smallest absolute Gasteiger partial charge is 0.158 e. The van der Waals surface area contributed by atoms with Crippen LogP contribution in [0.5, 0.6) is 0 Å². The first-order valence-corrected chi connectivity index (χ1v) is 8.55. The van der Waals surface area contributed by atoms with E-state index in [9.17, 15) is 14.7 Å². The van der Waals surface area contributed by atoms with E-state index in [1.165, 1.54) is 12.2 Å². The number of carbonyl (C=O) groups is 2. The van der Waals surface area contributed by atoms with Crippen molar-refractivity contribution in [2.75, 3.05) is 6.61 Å². The summed E-state index contributed by atoms with van der Waals surface area (Å²) in [7, 11) is 0. The lowest BCUT2D eigenvalue weighted by Crippen LogP contribution is -2.16. The lowest BCUT2D eigenvalue weighted by Gasteiger charge is -2.11. The van der Waals surface area contributed by atoms with Crippen molar-refractivity contribution < 1.29 is 19.8 Å². The summed E-state index contributed by atoms with van der Waals surface area (Å²) in [6.45, 7) is 7.12. The van der Waals surface area contributed by atoms with Crippen LogP contribution in [0.1, 0.15) is 59.8 Å². The van der Waals surface area contributed by atoms with Crippen molar-refractivity contribution in [2.24, 2.45) is 5.92 Å². The molecule has 0 saturated carbocycles. The second kappa shape index (κ2) is 11.9. The van der Waals surface area contributed by atoms with E-state index in [-0.39, 0.29) is 18.3 Å². The summed E-state index contributed by atoms with van der Waals surface area (Å²) in [5.41, 5.74) is 0.890. The zero-order valence-corrected chi connectivity index (χ0v) is 15.4. The fraction of sp³-hybridized carbons (Fsp3) is 0.600. The molecule has 0 amide bonds. The van der Waals surface area contributed by atoms with Gasteiger partial charge >= 0.3 is 0 Å². The third kappa shape index (κ3) is 12.0. The van der Waals surface area contributed by atoms with Gasteiger partial charge in [0.2, 0.25) is 0 Å². The zero-order valence-electron chi connectivity index (χ0n) is 15.4. The number of allylic oxidation sites excluding steroid dienone is 4. The Hall–Kier alpha value is -1.52. The van der Waals surface area contributed by atoms with Gasteiger partial charge in [0.15, 0.2) is 5.78 Å².